The van der Waals surface area contributed by atoms with E-state index in [-0.39, 0.29) is 24.0 Å². The van der Waals surface area contributed by atoms with Gasteiger partial charge in [-0.3, -0.25) is 4.90 Å². The molecule has 2 rings (SSSR count). The average Bonchev–Trinajstić information content (AvgIpc) is 3.12. The summed E-state index contributed by atoms with van der Waals surface area (Å²) in [5.74, 6) is 0.407. The molecule has 1 amide bonds. The van der Waals surface area contributed by atoms with Gasteiger partial charge in [-0.25, -0.2) is 4.79 Å². The van der Waals surface area contributed by atoms with Crippen molar-refractivity contribution in [1.29, 1.82) is 0 Å². The molecule has 2 aliphatic rings. The van der Waals surface area contributed by atoms with Crippen LogP contribution in [0.25, 0.3) is 0 Å². The summed E-state index contributed by atoms with van der Waals surface area (Å²) in [6, 6.07) is -0.159. The van der Waals surface area contributed by atoms with Crippen molar-refractivity contribution in [2.45, 2.75) is 64.1 Å². The summed E-state index contributed by atoms with van der Waals surface area (Å²) in [5.41, 5.74) is 5.24. The molecule has 108 valence electrons. The van der Waals surface area contributed by atoms with Gasteiger partial charge in [0.25, 0.3) is 0 Å². The third-order valence-electron chi connectivity index (χ3n) is 3.33. The van der Waals surface area contributed by atoms with E-state index < -0.39 is 5.60 Å². The second-order valence-corrected chi connectivity index (χ2v) is 6.43. The average molecular weight is 269 g/mol. The molecule has 0 radical (unpaired) electrons. The molecule has 0 aromatic heterocycles. The fourth-order valence-corrected chi connectivity index (χ4v) is 2.24. The number of ether oxygens (including phenoxy) is 1. The van der Waals surface area contributed by atoms with Crippen LogP contribution in [0.2, 0.25) is 0 Å². The van der Waals surface area contributed by atoms with E-state index in [1.54, 1.807) is 4.90 Å². The van der Waals surface area contributed by atoms with Crippen molar-refractivity contribution in [3.05, 3.63) is 0 Å². The first-order valence-electron chi connectivity index (χ1n) is 6.82. The highest BCUT2D eigenvalue weighted by atomic mass is 16.6. The van der Waals surface area contributed by atoms with Gasteiger partial charge in [0.15, 0.2) is 5.84 Å². The minimum absolute atomic E-state index is 0.111. The third kappa shape index (κ3) is 3.52. The van der Waals surface area contributed by atoms with Gasteiger partial charge in [-0.05, 0) is 52.4 Å². The largest absolute Gasteiger partial charge is 0.444 e. The van der Waals surface area contributed by atoms with Gasteiger partial charge in [0.05, 0.1) is 6.04 Å². The maximum absolute atomic E-state index is 12.3. The number of nitrogens with zero attached hydrogens (tertiary/aromatic N) is 2. The summed E-state index contributed by atoms with van der Waals surface area (Å²) in [6.45, 7) is 5.52. The normalized spacial score (nSPS) is 21.9. The van der Waals surface area contributed by atoms with Crippen molar-refractivity contribution < 1.29 is 14.7 Å². The molecule has 0 heterocycles. The zero-order chi connectivity index (χ0) is 14.2. The molecule has 0 aromatic carbocycles. The highest BCUT2D eigenvalue weighted by Crippen LogP contribution is 2.40. The third-order valence-corrected chi connectivity index (χ3v) is 3.33. The Morgan fingerprint density at radius 3 is 2.32 bits per heavy atom. The summed E-state index contributed by atoms with van der Waals surface area (Å²) in [7, 11) is 0. The zero-order valence-electron chi connectivity index (χ0n) is 11.8. The smallest absolute Gasteiger partial charge is 0.411 e. The van der Waals surface area contributed by atoms with Crippen molar-refractivity contribution >= 4 is 11.9 Å². The van der Waals surface area contributed by atoms with Crippen molar-refractivity contribution in [2.75, 3.05) is 0 Å². The van der Waals surface area contributed by atoms with Crippen LogP contribution in [-0.2, 0) is 4.74 Å². The van der Waals surface area contributed by atoms with Crippen molar-refractivity contribution in [1.82, 2.24) is 4.90 Å². The Bertz CT molecular complexity index is 381. The first-order chi connectivity index (χ1) is 8.83. The molecule has 1 unspecified atom stereocenters. The van der Waals surface area contributed by atoms with Gasteiger partial charge in [-0.15, -0.1) is 0 Å². The van der Waals surface area contributed by atoms with Crippen molar-refractivity contribution in [2.24, 2.45) is 16.8 Å². The van der Waals surface area contributed by atoms with Crippen LogP contribution >= 0.6 is 0 Å². The molecule has 19 heavy (non-hydrogen) atoms. The lowest BCUT2D eigenvalue weighted by molar-refractivity contribution is 0.0175. The van der Waals surface area contributed by atoms with Crippen LogP contribution in [0.5, 0.6) is 0 Å². The second-order valence-electron chi connectivity index (χ2n) is 6.43. The van der Waals surface area contributed by atoms with E-state index in [9.17, 15) is 4.79 Å². The summed E-state index contributed by atoms with van der Waals surface area (Å²) in [6.07, 6.45) is 3.57. The van der Waals surface area contributed by atoms with Crippen LogP contribution in [0.4, 0.5) is 4.79 Å². The van der Waals surface area contributed by atoms with E-state index in [0.29, 0.717) is 5.92 Å². The van der Waals surface area contributed by atoms with E-state index >= 15 is 0 Å². The Kier molecular flexibility index (Phi) is 3.60. The monoisotopic (exact) mass is 269 g/mol. The van der Waals surface area contributed by atoms with E-state index in [1.807, 2.05) is 20.8 Å². The minimum atomic E-state index is -0.538. The number of carbonyl (C=O) groups excluding carboxylic acids is 1. The molecular formula is C13H23N3O3. The molecule has 0 aromatic rings. The van der Waals surface area contributed by atoms with E-state index in [2.05, 4.69) is 5.16 Å². The molecule has 0 saturated heterocycles. The summed E-state index contributed by atoms with van der Waals surface area (Å²) >= 11 is 0. The first kappa shape index (κ1) is 14.0. The van der Waals surface area contributed by atoms with Crippen molar-refractivity contribution in [3.63, 3.8) is 0 Å². The lowest BCUT2D eigenvalue weighted by atomic mass is 10.1. The molecule has 2 aliphatic carbocycles. The van der Waals surface area contributed by atoms with Crippen LogP contribution < -0.4 is 5.73 Å². The number of carbonyl (C=O) groups is 1. The highest BCUT2D eigenvalue weighted by Gasteiger charge is 2.47. The van der Waals surface area contributed by atoms with Crippen LogP contribution in [0.3, 0.4) is 0 Å². The van der Waals surface area contributed by atoms with Gasteiger partial charge < -0.3 is 15.7 Å². The first-order valence-corrected chi connectivity index (χ1v) is 6.82. The standard InChI is InChI=1S/C13H23N3O3/c1-13(2,3)19-12(17)16(9-6-7-9)10(8-4-5-8)11(14)15-18/h8-10,18H,4-7H2,1-3H3,(H2,14,15). The molecule has 1 atom stereocenters. The van der Waals surface area contributed by atoms with Gasteiger partial charge >= 0.3 is 6.09 Å². The molecular weight excluding hydrogens is 246 g/mol. The van der Waals surface area contributed by atoms with Gasteiger partial charge in [0.1, 0.15) is 5.60 Å². The Labute approximate surface area is 113 Å². The van der Waals surface area contributed by atoms with Crippen molar-refractivity contribution in [3.8, 4) is 0 Å². The van der Waals surface area contributed by atoms with Crippen LogP contribution in [0.1, 0.15) is 46.5 Å². The maximum atomic E-state index is 12.3. The number of nitrogens with two attached hydrogens (primary N) is 1. The lowest BCUT2D eigenvalue weighted by Gasteiger charge is -2.33. The van der Waals surface area contributed by atoms with Crippen LogP contribution in [0, 0.1) is 5.92 Å². The summed E-state index contributed by atoms with van der Waals surface area (Å²) in [4.78, 5) is 14.0. The molecule has 6 nitrogen and oxygen atoms in total. The number of amides is 1. The Hall–Kier alpha value is -1.46. The lowest BCUT2D eigenvalue weighted by Crippen LogP contribution is -2.52. The number of hydrogen-bond acceptors (Lipinski definition) is 4. The van der Waals surface area contributed by atoms with E-state index in [0.717, 1.165) is 25.7 Å². The number of amidine groups is 1. The second kappa shape index (κ2) is 4.90. The molecule has 3 N–H and O–H groups in total. The SMILES string of the molecule is CC(C)(C)OC(=O)N(C1CC1)C(/C(N)=N/O)C1CC1. The fraction of sp³-hybridized carbons (Fsp3) is 0.846. The molecule has 0 aliphatic heterocycles. The Balaban J connectivity index is 2.16. The maximum Gasteiger partial charge on any atom is 0.411 e. The molecule has 0 spiro atoms. The molecule has 2 saturated carbocycles. The topological polar surface area (TPSA) is 88.2 Å². The van der Waals surface area contributed by atoms with E-state index in [1.165, 1.54) is 0 Å². The summed E-state index contributed by atoms with van der Waals surface area (Å²) in [5, 5.41) is 12.0. The Morgan fingerprint density at radius 1 is 1.37 bits per heavy atom. The zero-order valence-corrected chi connectivity index (χ0v) is 11.8. The van der Waals surface area contributed by atoms with Gasteiger partial charge in [0, 0.05) is 6.04 Å². The predicted molar refractivity (Wildman–Crippen MR) is 71.0 cm³/mol. The molecule has 6 heteroatoms. The van der Waals surface area contributed by atoms with Crippen LogP contribution in [0.15, 0.2) is 5.16 Å². The van der Waals surface area contributed by atoms with E-state index in [4.69, 9.17) is 15.7 Å². The number of oxime groups is 1. The summed E-state index contributed by atoms with van der Waals surface area (Å²) < 4.78 is 5.45. The quantitative estimate of drug-likeness (QED) is 0.353. The fourth-order valence-electron chi connectivity index (χ4n) is 2.24. The number of hydrogen-bond donors (Lipinski definition) is 2. The van der Waals surface area contributed by atoms with Crippen LogP contribution in [-0.4, -0.2) is 39.7 Å². The van der Waals surface area contributed by atoms with Gasteiger partial charge in [-0.2, -0.15) is 0 Å². The van der Waals surface area contributed by atoms with Gasteiger partial charge in [-0.1, -0.05) is 5.16 Å². The minimum Gasteiger partial charge on any atom is -0.444 e. The highest BCUT2D eigenvalue weighted by molar-refractivity contribution is 5.89. The Morgan fingerprint density at radius 2 is 1.95 bits per heavy atom. The van der Waals surface area contributed by atoms with Gasteiger partial charge in [0.2, 0.25) is 0 Å². The predicted octanol–water partition coefficient (Wildman–Crippen LogP) is 1.91. The number of rotatable bonds is 4. The molecule has 2 fully saturated rings. The molecule has 0 bridgehead atoms.